The topological polar surface area (TPSA) is 32.9 Å². The van der Waals surface area contributed by atoms with E-state index in [1.807, 2.05) is 6.07 Å². The molecule has 2 aromatic rings. The summed E-state index contributed by atoms with van der Waals surface area (Å²) in [5, 5.41) is 1.18. The third kappa shape index (κ3) is 1.70. The molecule has 0 amide bonds. The Labute approximate surface area is 107 Å². The van der Waals surface area contributed by atoms with Crippen molar-refractivity contribution in [3.05, 3.63) is 41.6 Å². The van der Waals surface area contributed by atoms with E-state index in [4.69, 9.17) is 11.6 Å². The lowest BCUT2D eigenvalue weighted by Gasteiger charge is -2.01. The first-order chi connectivity index (χ1) is 6.59. The molecule has 0 aliphatic rings. The Hall–Kier alpha value is -0.0700. The van der Waals surface area contributed by atoms with Gasteiger partial charge >= 0.3 is 0 Å². The van der Waals surface area contributed by atoms with Gasteiger partial charge in [0.15, 0.2) is 0 Å². The fraction of sp³-hybridized carbons (Fsp3) is 0. The summed E-state index contributed by atoms with van der Waals surface area (Å²) in [6.07, 6.45) is 1.64. The monoisotopic (exact) mass is 383 g/mol. The van der Waals surface area contributed by atoms with Crippen molar-refractivity contribution in [2.45, 2.75) is 0 Å². The number of hydrogen-bond donors (Lipinski definition) is 1. The fourth-order valence-electron chi connectivity index (χ4n) is 1.23. The van der Waals surface area contributed by atoms with E-state index in [9.17, 15) is 4.79 Å². The van der Waals surface area contributed by atoms with Crippen molar-refractivity contribution in [2.24, 2.45) is 0 Å². The number of hydrogen-bond acceptors (Lipinski definition) is 1. The van der Waals surface area contributed by atoms with Crippen LogP contribution in [0.15, 0.2) is 27.6 Å². The van der Waals surface area contributed by atoms with Crippen molar-refractivity contribution in [3.8, 4) is 0 Å². The maximum Gasteiger partial charge on any atom is 0.203 e. The van der Waals surface area contributed by atoms with Gasteiger partial charge in [0.1, 0.15) is 0 Å². The average molecular weight is 384 g/mol. The maximum absolute atomic E-state index is 11.7. The fourth-order valence-corrected chi connectivity index (χ4v) is 2.74. The average Bonchev–Trinajstić information content (AvgIpc) is 2.12. The largest absolute Gasteiger partial charge is 0.359 e. The molecule has 0 aliphatic heterocycles. The van der Waals surface area contributed by atoms with Crippen LogP contribution in [0, 0.1) is 3.57 Å². The summed E-state index contributed by atoms with van der Waals surface area (Å²) in [6.45, 7) is 0. The molecule has 2 nitrogen and oxygen atoms in total. The van der Waals surface area contributed by atoms with Gasteiger partial charge in [0.05, 0.1) is 9.99 Å². The third-order valence-corrected chi connectivity index (χ3v) is 3.52. The van der Waals surface area contributed by atoms with Crippen LogP contribution < -0.4 is 5.43 Å². The number of H-pyrrole nitrogens is 1. The van der Waals surface area contributed by atoms with Crippen molar-refractivity contribution >= 4 is 61.0 Å². The number of nitrogens with one attached hydrogen (secondary N) is 1. The van der Waals surface area contributed by atoms with Crippen molar-refractivity contribution in [1.29, 1.82) is 0 Å². The van der Waals surface area contributed by atoms with Gasteiger partial charge in [-0.2, -0.15) is 0 Å². The van der Waals surface area contributed by atoms with Crippen LogP contribution in [0.1, 0.15) is 0 Å². The van der Waals surface area contributed by atoms with Crippen LogP contribution in [0.3, 0.4) is 0 Å². The third-order valence-electron chi connectivity index (χ3n) is 1.86. The van der Waals surface area contributed by atoms with Gasteiger partial charge in [0.25, 0.3) is 0 Å². The van der Waals surface area contributed by atoms with Gasteiger partial charge in [-0.1, -0.05) is 11.6 Å². The second-order valence-electron chi connectivity index (χ2n) is 2.78. The highest BCUT2D eigenvalue weighted by Gasteiger charge is 2.06. The van der Waals surface area contributed by atoms with Crippen molar-refractivity contribution < 1.29 is 0 Å². The molecule has 0 radical (unpaired) electrons. The normalized spacial score (nSPS) is 10.8. The van der Waals surface area contributed by atoms with Crippen molar-refractivity contribution in [2.75, 3.05) is 0 Å². The van der Waals surface area contributed by atoms with Crippen LogP contribution in [-0.2, 0) is 0 Å². The number of aromatic amines is 1. The number of fused-ring (bicyclic) bond motifs is 1. The van der Waals surface area contributed by atoms with Gasteiger partial charge in [-0.05, 0) is 50.7 Å². The van der Waals surface area contributed by atoms with Crippen LogP contribution in [0.5, 0.6) is 0 Å². The zero-order valence-corrected chi connectivity index (χ0v) is 11.3. The molecule has 0 saturated heterocycles. The number of benzene rings is 1. The molecule has 5 heteroatoms. The number of halogens is 3. The lowest BCUT2D eigenvalue weighted by Crippen LogP contribution is -2.04. The number of pyridine rings is 1. The molecule has 1 heterocycles. The Kier molecular flexibility index (Phi) is 2.86. The van der Waals surface area contributed by atoms with E-state index >= 15 is 0 Å². The molecule has 14 heavy (non-hydrogen) atoms. The molecule has 0 saturated carbocycles. The molecule has 0 atom stereocenters. The Bertz CT molecular complexity index is 566. The summed E-state index contributed by atoms with van der Waals surface area (Å²) in [7, 11) is 0. The summed E-state index contributed by atoms with van der Waals surface area (Å²) < 4.78 is 1.46. The molecule has 2 rings (SSSR count). The Morgan fingerprint density at radius 1 is 1.43 bits per heavy atom. The molecule has 1 N–H and O–H groups in total. The lowest BCUT2D eigenvalue weighted by molar-refractivity contribution is 1.35. The van der Waals surface area contributed by atoms with Gasteiger partial charge in [-0.3, -0.25) is 4.79 Å². The highest BCUT2D eigenvalue weighted by molar-refractivity contribution is 14.1. The molecule has 72 valence electrons. The quantitative estimate of drug-likeness (QED) is 0.693. The zero-order valence-electron chi connectivity index (χ0n) is 6.77. The second kappa shape index (κ2) is 3.83. The Balaban J connectivity index is 3.03. The summed E-state index contributed by atoms with van der Waals surface area (Å²) in [5.74, 6) is 0. The minimum atomic E-state index is -0.0424. The van der Waals surface area contributed by atoms with Crippen LogP contribution in [0.2, 0.25) is 5.02 Å². The molecular weight excluding hydrogens is 380 g/mol. The van der Waals surface area contributed by atoms with E-state index in [2.05, 4.69) is 43.5 Å². The van der Waals surface area contributed by atoms with Crippen molar-refractivity contribution in [1.82, 2.24) is 4.98 Å². The summed E-state index contributed by atoms with van der Waals surface area (Å²) in [4.78, 5) is 14.7. The van der Waals surface area contributed by atoms with E-state index < -0.39 is 0 Å². The highest BCUT2D eigenvalue weighted by atomic mass is 127. The Morgan fingerprint density at radius 3 is 2.86 bits per heavy atom. The minimum absolute atomic E-state index is 0.0424. The van der Waals surface area contributed by atoms with E-state index in [1.165, 1.54) is 0 Å². The Morgan fingerprint density at radius 2 is 2.14 bits per heavy atom. The summed E-state index contributed by atoms with van der Waals surface area (Å²) in [6, 6.07) is 3.48. The number of aromatic nitrogens is 1. The first-order valence-electron chi connectivity index (χ1n) is 3.75. The molecule has 1 aromatic heterocycles. The van der Waals surface area contributed by atoms with Gasteiger partial charge in [0, 0.05) is 20.2 Å². The van der Waals surface area contributed by atoms with Crippen LogP contribution in [-0.4, -0.2) is 4.98 Å². The lowest BCUT2D eigenvalue weighted by atomic mass is 10.2. The maximum atomic E-state index is 11.7. The first kappa shape index (κ1) is 10.4. The molecule has 0 unspecified atom stereocenters. The molecular formula is C9H4BrClINO. The predicted octanol–water partition coefficient (Wildman–Crippen LogP) is 3.55. The number of rotatable bonds is 0. The van der Waals surface area contributed by atoms with Crippen LogP contribution >= 0.6 is 50.1 Å². The van der Waals surface area contributed by atoms with E-state index in [-0.39, 0.29) is 5.43 Å². The summed E-state index contributed by atoms with van der Waals surface area (Å²) >= 11 is 11.2. The SMILES string of the molecule is O=c1c(Br)c[nH]c2c(I)cc(Cl)cc12. The molecule has 0 fully saturated rings. The van der Waals surface area contributed by atoms with E-state index in [0.717, 1.165) is 9.09 Å². The molecule has 0 aliphatic carbocycles. The standard InChI is InChI=1S/C9H4BrClINO/c10-6-3-13-8-5(9(6)14)1-4(11)2-7(8)12/h1-3H,(H,13,14). The summed E-state index contributed by atoms with van der Waals surface area (Å²) in [5.41, 5.74) is 0.780. The van der Waals surface area contributed by atoms with Gasteiger partial charge in [-0.15, -0.1) is 0 Å². The highest BCUT2D eigenvalue weighted by Crippen LogP contribution is 2.22. The van der Waals surface area contributed by atoms with Gasteiger partial charge < -0.3 is 4.98 Å². The zero-order chi connectivity index (χ0) is 10.3. The smallest absolute Gasteiger partial charge is 0.203 e. The van der Waals surface area contributed by atoms with E-state index in [0.29, 0.717) is 14.9 Å². The van der Waals surface area contributed by atoms with E-state index in [1.54, 1.807) is 12.3 Å². The minimum Gasteiger partial charge on any atom is -0.359 e. The molecule has 0 bridgehead atoms. The van der Waals surface area contributed by atoms with Crippen LogP contribution in [0.4, 0.5) is 0 Å². The first-order valence-corrected chi connectivity index (χ1v) is 6.00. The van der Waals surface area contributed by atoms with Crippen molar-refractivity contribution in [3.63, 3.8) is 0 Å². The predicted molar refractivity (Wildman–Crippen MR) is 70.0 cm³/mol. The molecule has 0 spiro atoms. The van der Waals surface area contributed by atoms with Gasteiger partial charge in [-0.25, -0.2) is 0 Å². The molecule has 1 aromatic carbocycles. The van der Waals surface area contributed by atoms with Gasteiger partial charge in [0.2, 0.25) is 5.43 Å². The second-order valence-corrected chi connectivity index (χ2v) is 5.23. The van der Waals surface area contributed by atoms with Crippen LogP contribution in [0.25, 0.3) is 10.9 Å².